The number of fused-ring (bicyclic) bond motifs is 1. The number of nitrogens with one attached hydrogen (secondary N) is 3. The first-order chi connectivity index (χ1) is 37.7. The van der Waals surface area contributed by atoms with Gasteiger partial charge in [0.25, 0.3) is 21.6 Å². The number of amides is 1. The number of hydrogen-bond donors (Lipinski definition) is 3. The molecule has 2 aromatic heterocycles. The number of pyridine rings is 1. The molecule has 2 saturated carbocycles. The lowest BCUT2D eigenvalue weighted by Crippen LogP contribution is -2.67. The van der Waals surface area contributed by atoms with Gasteiger partial charge in [0, 0.05) is 119 Å². The number of rotatable bonds is 16. The zero-order valence-electron chi connectivity index (χ0n) is 44.9. The topological polar surface area (TPSA) is 188 Å². The lowest BCUT2D eigenvalue weighted by molar-refractivity contribution is -0.384. The van der Waals surface area contributed by atoms with Crippen LogP contribution < -0.4 is 24.4 Å². The number of nitrogens with zero attached hydrogens (tertiary/aromatic N) is 6. The summed E-state index contributed by atoms with van der Waals surface area (Å²) in [6.45, 7) is 13.8. The van der Waals surface area contributed by atoms with Gasteiger partial charge >= 0.3 is 0 Å². The number of aromatic amines is 1. The van der Waals surface area contributed by atoms with Gasteiger partial charge in [0.1, 0.15) is 28.6 Å². The zero-order chi connectivity index (χ0) is 53.8. The molecule has 6 aliphatic rings. The summed E-state index contributed by atoms with van der Waals surface area (Å²) in [4.78, 5) is 43.5. The van der Waals surface area contributed by atoms with E-state index < -0.39 is 25.7 Å². The van der Waals surface area contributed by atoms with Gasteiger partial charge in [0.2, 0.25) is 0 Å². The SMILES string of the molecule is COc1ccc(CN2CCN(C3CC4(CCN(c5ccc(C(=O)NS(=O)(=O)c6ccc(NC7CC8(C7)CN(C7CCOCC7)C8)c([N+](=O)[O-])c6)c(Oc6cnc7[nH]ccc7c6)c5)CC4)C3)[C@H](c3ccccc3C(C)C)C2)cc1. The molecule has 410 valence electrons. The van der Waals surface area contributed by atoms with Crippen LogP contribution >= 0.6 is 0 Å². The van der Waals surface area contributed by atoms with E-state index in [2.05, 4.69) is 89.9 Å². The number of anilines is 2. The molecule has 1 amide bonds. The van der Waals surface area contributed by atoms with Crippen LogP contribution in [-0.2, 0) is 21.3 Å². The van der Waals surface area contributed by atoms with Crippen LogP contribution in [0, 0.1) is 20.9 Å². The van der Waals surface area contributed by atoms with E-state index in [1.54, 1.807) is 37.7 Å². The maximum absolute atomic E-state index is 14.2. The van der Waals surface area contributed by atoms with E-state index in [1.807, 2.05) is 24.3 Å². The second-order valence-electron chi connectivity index (χ2n) is 23.4. The summed E-state index contributed by atoms with van der Waals surface area (Å²) in [6.07, 6.45) is 11.6. The van der Waals surface area contributed by atoms with Crippen LogP contribution in [0.5, 0.6) is 17.2 Å². The second kappa shape index (κ2) is 21.2. The molecule has 2 aliphatic carbocycles. The number of carbonyl (C=O) groups is 1. The molecule has 6 heterocycles. The van der Waals surface area contributed by atoms with Gasteiger partial charge in [-0.15, -0.1) is 0 Å². The Morgan fingerprint density at radius 1 is 0.885 bits per heavy atom. The smallest absolute Gasteiger partial charge is 0.293 e. The third kappa shape index (κ3) is 10.6. The maximum atomic E-state index is 14.2. The van der Waals surface area contributed by atoms with Gasteiger partial charge in [-0.3, -0.25) is 29.6 Å². The molecule has 4 saturated heterocycles. The molecule has 4 aliphatic heterocycles. The summed E-state index contributed by atoms with van der Waals surface area (Å²) in [5, 5.41) is 16.5. The molecular weight excluding hydrogens is 1010 g/mol. The van der Waals surface area contributed by atoms with E-state index >= 15 is 0 Å². The van der Waals surface area contributed by atoms with Crippen LogP contribution in [0.4, 0.5) is 17.1 Å². The highest BCUT2D eigenvalue weighted by atomic mass is 32.2. The van der Waals surface area contributed by atoms with Crippen LogP contribution in [0.2, 0.25) is 0 Å². The summed E-state index contributed by atoms with van der Waals surface area (Å²) in [5.74, 6) is 0.890. The number of methoxy groups -OCH3 is 1. The fourth-order valence-corrected chi connectivity index (χ4v) is 14.8. The largest absolute Gasteiger partial charge is 0.497 e. The molecule has 6 fully saturated rings. The first-order valence-electron chi connectivity index (χ1n) is 27.9. The number of nitro benzene ring substituents is 1. The van der Waals surface area contributed by atoms with E-state index in [0.717, 1.165) is 140 Å². The van der Waals surface area contributed by atoms with Crippen molar-refractivity contribution in [2.75, 3.05) is 76.4 Å². The van der Waals surface area contributed by atoms with Gasteiger partial charge in [-0.1, -0.05) is 50.2 Å². The number of nitro groups is 1. The standard InChI is InChI=1S/C60H71N9O8S/c1-40(2)50-6-4-5-7-51(50)55-37-65(36-41-8-11-47(75-3)12-9-41)24-25-68(55)46-33-59(34-46)19-22-66(23-20-59)45-10-14-52(56(29-45)77-48-28-42-16-21-61-57(42)62-35-48)58(70)64-78(73,74)49-13-15-53(54(30-49)69(71)72)63-43-31-60(32-43)38-67(39-60)44-17-26-76-27-18-44/h4-16,21,28-30,35,40,43-44,46,55,63H,17-20,22-27,31-34,36-39H2,1-3H3,(H,61,62)(H,64,70)/t55-/m0/s1. The Kier molecular flexibility index (Phi) is 14.2. The number of piperidine rings is 1. The number of piperazine rings is 1. The predicted molar refractivity (Wildman–Crippen MR) is 300 cm³/mol. The van der Waals surface area contributed by atoms with Crippen molar-refractivity contribution in [1.29, 1.82) is 0 Å². The van der Waals surface area contributed by atoms with Crippen molar-refractivity contribution >= 4 is 44.0 Å². The van der Waals surface area contributed by atoms with E-state index in [0.29, 0.717) is 35.4 Å². The van der Waals surface area contributed by atoms with Gasteiger partial charge < -0.3 is 29.4 Å². The summed E-state index contributed by atoms with van der Waals surface area (Å²) >= 11 is 0. The molecule has 1 atom stereocenters. The van der Waals surface area contributed by atoms with Crippen molar-refractivity contribution in [3.8, 4) is 17.2 Å². The Bertz CT molecular complexity index is 3280. The zero-order valence-corrected chi connectivity index (χ0v) is 45.7. The highest BCUT2D eigenvalue weighted by Crippen LogP contribution is 2.54. The lowest BCUT2D eigenvalue weighted by Gasteiger charge is -2.61. The number of carbonyl (C=O) groups excluding carboxylic acids is 1. The molecule has 0 unspecified atom stereocenters. The average molecular weight is 1080 g/mol. The summed E-state index contributed by atoms with van der Waals surface area (Å²) in [5.41, 5.74) is 5.99. The predicted octanol–water partition coefficient (Wildman–Crippen LogP) is 9.88. The van der Waals surface area contributed by atoms with Crippen molar-refractivity contribution < 1.29 is 32.3 Å². The number of H-pyrrole nitrogens is 1. The van der Waals surface area contributed by atoms with Crippen molar-refractivity contribution in [3.05, 3.63) is 142 Å². The average Bonchev–Trinajstić information content (AvgIpc) is 4.05. The van der Waals surface area contributed by atoms with Gasteiger partial charge in [0.05, 0.1) is 28.7 Å². The number of ether oxygens (including phenoxy) is 3. The van der Waals surface area contributed by atoms with Gasteiger partial charge in [0.15, 0.2) is 0 Å². The molecule has 3 N–H and O–H groups in total. The monoisotopic (exact) mass is 1080 g/mol. The van der Waals surface area contributed by atoms with E-state index in [4.69, 9.17) is 14.2 Å². The molecule has 78 heavy (non-hydrogen) atoms. The fraction of sp³-hybridized carbons (Fsp3) is 0.467. The Hall–Kier alpha value is -6.57. The van der Waals surface area contributed by atoms with Crippen LogP contribution in [0.1, 0.15) is 104 Å². The number of sulfonamides is 1. The van der Waals surface area contributed by atoms with Gasteiger partial charge in [-0.25, -0.2) is 18.1 Å². The number of hydrogen-bond acceptors (Lipinski definition) is 14. The quantitative estimate of drug-likeness (QED) is 0.0614. The lowest BCUT2D eigenvalue weighted by atomic mass is 9.59. The van der Waals surface area contributed by atoms with Crippen molar-refractivity contribution in [3.63, 3.8) is 0 Å². The third-order valence-corrected chi connectivity index (χ3v) is 19.4. The molecule has 0 bridgehead atoms. The van der Waals surface area contributed by atoms with Crippen molar-refractivity contribution in [2.24, 2.45) is 10.8 Å². The Morgan fingerprint density at radius 3 is 2.40 bits per heavy atom. The van der Waals surface area contributed by atoms with E-state index in [-0.39, 0.29) is 39.6 Å². The molecule has 18 heteroatoms. The summed E-state index contributed by atoms with van der Waals surface area (Å²) in [7, 11) is -2.87. The normalized spacial score (nSPS) is 22.0. The molecule has 6 aromatic rings. The first kappa shape index (κ1) is 52.1. The Morgan fingerprint density at radius 2 is 1.65 bits per heavy atom. The maximum Gasteiger partial charge on any atom is 0.293 e. The Balaban J connectivity index is 0.717. The summed E-state index contributed by atoms with van der Waals surface area (Å²) in [6, 6.07) is 31.5. The first-order valence-corrected chi connectivity index (χ1v) is 29.3. The summed E-state index contributed by atoms with van der Waals surface area (Å²) < 4.78 is 47.6. The van der Waals surface area contributed by atoms with Crippen LogP contribution in [0.15, 0.2) is 114 Å². The van der Waals surface area contributed by atoms with Crippen LogP contribution in [-0.4, -0.2) is 128 Å². The van der Waals surface area contributed by atoms with Crippen molar-refractivity contribution in [1.82, 2.24) is 29.4 Å². The van der Waals surface area contributed by atoms with E-state index in [9.17, 15) is 23.3 Å². The van der Waals surface area contributed by atoms with Crippen molar-refractivity contribution in [2.45, 2.75) is 107 Å². The third-order valence-electron chi connectivity index (χ3n) is 18.1. The minimum Gasteiger partial charge on any atom is -0.497 e. The van der Waals surface area contributed by atoms with E-state index in [1.165, 1.54) is 28.8 Å². The minimum atomic E-state index is -4.58. The molecule has 0 radical (unpaired) electrons. The second-order valence-corrected chi connectivity index (χ2v) is 25.1. The highest BCUT2D eigenvalue weighted by molar-refractivity contribution is 7.90. The highest BCUT2D eigenvalue weighted by Gasteiger charge is 2.54. The Labute approximate surface area is 456 Å². The molecule has 12 rings (SSSR count). The van der Waals surface area contributed by atoms with Gasteiger partial charge in [-0.2, -0.15) is 0 Å². The number of benzene rings is 4. The molecular formula is C60H71N9O8S. The number of aromatic nitrogens is 2. The number of likely N-dealkylation sites (tertiary alicyclic amines) is 1. The molecule has 2 spiro atoms. The minimum absolute atomic E-state index is 0.0115. The van der Waals surface area contributed by atoms with Crippen LogP contribution in [0.3, 0.4) is 0 Å². The molecule has 17 nitrogen and oxygen atoms in total. The molecule has 4 aromatic carbocycles. The van der Waals surface area contributed by atoms with Gasteiger partial charge in [-0.05, 0) is 133 Å². The van der Waals surface area contributed by atoms with Crippen LogP contribution in [0.25, 0.3) is 11.0 Å². The fourth-order valence-electron chi connectivity index (χ4n) is 13.8.